The molecule has 0 saturated carbocycles. The normalized spacial score (nSPS) is 10.2. The smallest absolute Gasteiger partial charge is 0.311 e. The van der Waals surface area contributed by atoms with Crippen molar-refractivity contribution in [3.63, 3.8) is 0 Å². The number of nitrogens with zero attached hydrogens (tertiary/aromatic N) is 1. The number of amides is 1. The van der Waals surface area contributed by atoms with Gasteiger partial charge in [0.05, 0.1) is 4.92 Å². The van der Waals surface area contributed by atoms with Crippen molar-refractivity contribution in [3.05, 3.63) is 99.9 Å². The highest BCUT2D eigenvalue weighted by atomic mass is 19.1. The van der Waals surface area contributed by atoms with Crippen molar-refractivity contribution in [1.29, 1.82) is 0 Å². The van der Waals surface area contributed by atoms with Crippen LogP contribution >= 0.6 is 0 Å². The fourth-order valence-electron chi connectivity index (χ4n) is 2.51. The average molecular weight is 394 g/mol. The lowest BCUT2D eigenvalue weighted by Crippen LogP contribution is -2.14. The lowest BCUT2D eigenvalue weighted by atomic mass is 10.1. The van der Waals surface area contributed by atoms with E-state index < -0.39 is 28.8 Å². The molecular formula is C21H15FN2O5. The van der Waals surface area contributed by atoms with Crippen molar-refractivity contribution in [2.75, 3.05) is 11.9 Å². The zero-order valence-corrected chi connectivity index (χ0v) is 15.0. The molecule has 7 nitrogen and oxygen atoms in total. The number of hydrogen-bond donors (Lipinski definition) is 1. The molecular weight excluding hydrogens is 379 g/mol. The molecule has 0 fully saturated rings. The average Bonchev–Trinajstić information content (AvgIpc) is 2.73. The maximum atomic E-state index is 13.3. The second kappa shape index (κ2) is 8.75. The van der Waals surface area contributed by atoms with Crippen LogP contribution in [0.4, 0.5) is 15.8 Å². The van der Waals surface area contributed by atoms with Crippen LogP contribution in [-0.2, 0) is 0 Å². The third-order valence-electron chi connectivity index (χ3n) is 3.98. The third-order valence-corrected chi connectivity index (χ3v) is 3.98. The molecule has 146 valence electrons. The van der Waals surface area contributed by atoms with Gasteiger partial charge in [-0.15, -0.1) is 0 Å². The summed E-state index contributed by atoms with van der Waals surface area (Å²) in [6, 6.07) is 17.5. The van der Waals surface area contributed by atoms with Crippen LogP contribution < -0.4 is 10.1 Å². The molecule has 29 heavy (non-hydrogen) atoms. The topological polar surface area (TPSA) is 98.5 Å². The van der Waals surface area contributed by atoms with Crippen LogP contribution in [0, 0.1) is 15.9 Å². The lowest BCUT2D eigenvalue weighted by molar-refractivity contribution is -0.385. The Hall–Kier alpha value is -4.07. The van der Waals surface area contributed by atoms with E-state index in [0.29, 0.717) is 11.3 Å². The number of carbonyl (C=O) groups excluding carboxylic acids is 2. The van der Waals surface area contributed by atoms with E-state index in [9.17, 15) is 24.1 Å². The Morgan fingerprint density at radius 3 is 2.31 bits per heavy atom. The van der Waals surface area contributed by atoms with E-state index in [1.54, 1.807) is 42.5 Å². The second-order valence-corrected chi connectivity index (χ2v) is 5.98. The molecule has 3 aromatic carbocycles. The SMILES string of the molecule is O=C(COc1cc(F)ccc1[N+](=O)[O-])c1ccc(NC(=O)c2ccccc2)cc1. The first-order chi connectivity index (χ1) is 13.9. The maximum absolute atomic E-state index is 13.3. The van der Waals surface area contributed by atoms with Crippen molar-refractivity contribution in [2.45, 2.75) is 0 Å². The van der Waals surface area contributed by atoms with Gasteiger partial charge in [-0.2, -0.15) is 0 Å². The highest BCUT2D eigenvalue weighted by Gasteiger charge is 2.17. The highest BCUT2D eigenvalue weighted by molar-refractivity contribution is 6.04. The third kappa shape index (κ3) is 5.01. The number of benzene rings is 3. The van der Waals surface area contributed by atoms with Crippen molar-refractivity contribution in [3.8, 4) is 5.75 Å². The maximum Gasteiger partial charge on any atom is 0.311 e. The quantitative estimate of drug-likeness (QED) is 0.367. The van der Waals surface area contributed by atoms with E-state index in [2.05, 4.69) is 5.32 Å². The Bertz CT molecular complexity index is 1050. The van der Waals surface area contributed by atoms with E-state index in [1.807, 2.05) is 0 Å². The van der Waals surface area contributed by atoms with Gasteiger partial charge in [-0.1, -0.05) is 18.2 Å². The van der Waals surface area contributed by atoms with Crippen molar-refractivity contribution in [1.82, 2.24) is 0 Å². The van der Waals surface area contributed by atoms with E-state index in [1.165, 1.54) is 12.1 Å². The summed E-state index contributed by atoms with van der Waals surface area (Å²) < 4.78 is 18.5. The van der Waals surface area contributed by atoms with Gasteiger partial charge in [0.1, 0.15) is 5.82 Å². The number of nitro benzene ring substituents is 1. The number of rotatable bonds is 7. The molecule has 0 bridgehead atoms. The summed E-state index contributed by atoms with van der Waals surface area (Å²) in [6.45, 7) is -0.500. The van der Waals surface area contributed by atoms with Gasteiger partial charge in [-0.25, -0.2) is 4.39 Å². The Morgan fingerprint density at radius 2 is 1.66 bits per heavy atom. The zero-order valence-electron chi connectivity index (χ0n) is 15.0. The minimum Gasteiger partial charge on any atom is -0.478 e. The van der Waals surface area contributed by atoms with Gasteiger partial charge in [0, 0.05) is 28.9 Å². The molecule has 0 heterocycles. The molecule has 1 amide bonds. The molecule has 0 aromatic heterocycles. The molecule has 0 aliphatic heterocycles. The van der Waals surface area contributed by atoms with Crippen molar-refractivity contribution in [2.24, 2.45) is 0 Å². The van der Waals surface area contributed by atoms with Crippen LogP contribution in [0.5, 0.6) is 5.75 Å². The molecule has 0 unspecified atom stereocenters. The Labute approximate surface area is 164 Å². The van der Waals surface area contributed by atoms with E-state index in [-0.39, 0.29) is 17.2 Å². The number of nitrogens with one attached hydrogen (secondary N) is 1. The molecule has 0 saturated heterocycles. The summed E-state index contributed by atoms with van der Waals surface area (Å²) in [6.07, 6.45) is 0. The van der Waals surface area contributed by atoms with Crippen LogP contribution in [0.25, 0.3) is 0 Å². The predicted molar refractivity (Wildman–Crippen MR) is 104 cm³/mol. The summed E-state index contributed by atoms with van der Waals surface area (Å²) in [4.78, 5) is 34.6. The van der Waals surface area contributed by atoms with Gasteiger partial charge in [-0.05, 0) is 42.5 Å². The van der Waals surface area contributed by atoms with Gasteiger partial charge in [-0.3, -0.25) is 19.7 Å². The molecule has 0 aliphatic carbocycles. The number of ether oxygens (including phenoxy) is 1. The molecule has 3 aromatic rings. The largest absolute Gasteiger partial charge is 0.478 e. The van der Waals surface area contributed by atoms with Gasteiger partial charge < -0.3 is 10.1 Å². The van der Waals surface area contributed by atoms with E-state index in [4.69, 9.17) is 4.74 Å². The second-order valence-electron chi connectivity index (χ2n) is 5.98. The van der Waals surface area contributed by atoms with E-state index in [0.717, 1.165) is 18.2 Å². The van der Waals surface area contributed by atoms with Crippen LogP contribution in [0.2, 0.25) is 0 Å². The first-order valence-electron chi connectivity index (χ1n) is 8.50. The van der Waals surface area contributed by atoms with Crippen LogP contribution in [-0.4, -0.2) is 23.2 Å². The summed E-state index contributed by atoms with van der Waals surface area (Å²) >= 11 is 0. The molecule has 8 heteroatoms. The van der Waals surface area contributed by atoms with Crippen LogP contribution in [0.15, 0.2) is 72.8 Å². The fraction of sp³-hybridized carbons (Fsp3) is 0.0476. The number of ketones is 1. The first-order valence-corrected chi connectivity index (χ1v) is 8.50. The standard InChI is InChI=1S/C21H15FN2O5/c22-16-8-11-18(24(27)28)20(12-16)29-13-19(25)14-6-9-17(10-7-14)23-21(26)15-4-2-1-3-5-15/h1-12H,13H2,(H,23,26). The molecule has 0 atom stereocenters. The molecule has 0 spiro atoms. The zero-order chi connectivity index (χ0) is 20.8. The summed E-state index contributed by atoms with van der Waals surface area (Å²) in [7, 11) is 0. The fourth-order valence-corrected chi connectivity index (χ4v) is 2.51. The van der Waals surface area contributed by atoms with Crippen LogP contribution in [0.3, 0.4) is 0 Å². The van der Waals surface area contributed by atoms with Crippen molar-refractivity contribution >= 4 is 23.1 Å². The van der Waals surface area contributed by atoms with Gasteiger partial charge in [0.2, 0.25) is 0 Å². The Kier molecular flexibility index (Phi) is 5.94. The minimum atomic E-state index is -0.719. The number of hydrogen-bond acceptors (Lipinski definition) is 5. The van der Waals surface area contributed by atoms with Gasteiger partial charge in [0.25, 0.3) is 5.91 Å². The summed E-state index contributed by atoms with van der Waals surface area (Å²) in [5.74, 6) is -1.78. The number of halogens is 1. The highest BCUT2D eigenvalue weighted by Crippen LogP contribution is 2.27. The number of anilines is 1. The number of nitro groups is 1. The number of Topliss-reactive ketones (excluding diaryl/α,β-unsaturated/α-hetero) is 1. The molecule has 0 aliphatic rings. The van der Waals surface area contributed by atoms with Gasteiger partial charge in [0.15, 0.2) is 18.1 Å². The first kappa shape index (κ1) is 19.7. The minimum absolute atomic E-state index is 0.279. The lowest BCUT2D eigenvalue weighted by Gasteiger charge is -2.08. The Morgan fingerprint density at radius 1 is 0.966 bits per heavy atom. The number of carbonyl (C=O) groups is 2. The van der Waals surface area contributed by atoms with E-state index >= 15 is 0 Å². The molecule has 1 N–H and O–H groups in total. The molecule has 0 radical (unpaired) electrons. The summed E-state index contributed by atoms with van der Waals surface area (Å²) in [5.41, 5.74) is 0.842. The van der Waals surface area contributed by atoms with Crippen molar-refractivity contribution < 1.29 is 23.6 Å². The Balaban J connectivity index is 1.63. The molecule has 3 rings (SSSR count). The monoisotopic (exact) mass is 394 g/mol. The van der Waals surface area contributed by atoms with Gasteiger partial charge >= 0.3 is 5.69 Å². The predicted octanol–water partition coefficient (Wildman–Crippen LogP) is 4.25. The van der Waals surface area contributed by atoms with Crippen LogP contribution in [0.1, 0.15) is 20.7 Å². The summed E-state index contributed by atoms with van der Waals surface area (Å²) in [5, 5.41) is 13.7.